The highest BCUT2D eigenvalue weighted by molar-refractivity contribution is 5.95. The van der Waals surface area contributed by atoms with E-state index in [2.05, 4.69) is 13.5 Å². The van der Waals surface area contributed by atoms with Gasteiger partial charge in [-0.3, -0.25) is 4.79 Å². The molecule has 1 aliphatic carbocycles. The first-order valence-corrected chi connectivity index (χ1v) is 7.27. The molecule has 4 nitrogen and oxygen atoms in total. The molecule has 0 N–H and O–H groups in total. The molecule has 2 rings (SSSR count). The van der Waals surface area contributed by atoms with Crippen LogP contribution in [0.5, 0.6) is 11.5 Å². The number of hydrogen-bond acceptors (Lipinski definition) is 3. The maximum Gasteiger partial charge on any atom is 0.253 e. The molecule has 0 aliphatic heterocycles. The van der Waals surface area contributed by atoms with Crippen LogP contribution in [0.2, 0.25) is 0 Å². The van der Waals surface area contributed by atoms with Crippen LogP contribution in [-0.2, 0) is 0 Å². The fourth-order valence-electron chi connectivity index (χ4n) is 2.35. The fraction of sp³-hybridized carbons (Fsp3) is 0.471. The van der Waals surface area contributed by atoms with Gasteiger partial charge in [0.2, 0.25) is 0 Å². The van der Waals surface area contributed by atoms with Gasteiger partial charge in [0.1, 0.15) is 6.61 Å². The Bertz CT molecular complexity index is 523. The summed E-state index contributed by atoms with van der Waals surface area (Å²) in [7, 11) is 3.43. The van der Waals surface area contributed by atoms with Crippen molar-refractivity contribution in [3.63, 3.8) is 0 Å². The average molecular weight is 289 g/mol. The maximum atomic E-state index is 12.5. The molecule has 0 spiro atoms. The van der Waals surface area contributed by atoms with E-state index in [1.54, 1.807) is 31.4 Å². The normalized spacial score (nSPS) is 15.2. The van der Waals surface area contributed by atoms with Crippen molar-refractivity contribution in [2.75, 3.05) is 20.8 Å². The molecule has 1 fully saturated rings. The van der Waals surface area contributed by atoms with E-state index in [0.29, 0.717) is 29.6 Å². The molecule has 0 heterocycles. The lowest BCUT2D eigenvalue weighted by atomic mass is 10.1. The Hall–Kier alpha value is -1.97. The van der Waals surface area contributed by atoms with E-state index >= 15 is 0 Å². The van der Waals surface area contributed by atoms with E-state index < -0.39 is 0 Å². The SMILES string of the molecule is C=CCOc1ccc(C(=O)N(C)C(C)C2CC2)cc1OC. The molecule has 21 heavy (non-hydrogen) atoms. The smallest absolute Gasteiger partial charge is 0.253 e. The second-order valence-corrected chi connectivity index (χ2v) is 5.46. The third-order valence-electron chi connectivity index (χ3n) is 4.00. The number of methoxy groups -OCH3 is 1. The lowest BCUT2D eigenvalue weighted by Crippen LogP contribution is -2.36. The Morgan fingerprint density at radius 1 is 1.48 bits per heavy atom. The van der Waals surface area contributed by atoms with Gasteiger partial charge in [0.05, 0.1) is 7.11 Å². The van der Waals surface area contributed by atoms with Gasteiger partial charge in [0.15, 0.2) is 11.5 Å². The number of hydrogen-bond donors (Lipinski definition) is 0. The van der Waals surface area contributed by atoms with Crippen LogP contribution in [0, 0.1) is 5.92 Å². The van der Waals surface area contributed by atoms with Crippen LogP contribution in [0.3, 0.4) is 0 Å². The van der Waals surface area contributed by atoms with Gasteiger partial charge in [0, 0.05) is 18.7 Å². The molecule has 1 aromatic rings. The van der Waals surface area contributed by atoms with E-state index in [1.165, 1.54) is 12.8 Å². The summed E-state index contributed by atoms with van der Waals surface area (Å²) in [4.78, 5) is 14.3. The van der Waals surface area contributed by atoms with E-state index in [-0.39, 0.29) is 11.9 Å². The summed E-state index contributed by atoms with van der Waals surface area (Å²) in [5.74, 6) is 1.85. The topological polar surface area (TPSA) is 38.8 Å². The molecule has 1 unspecified atom stereocenters. The molecule has 0 aromatic heterocycles. The van der Waals surface area contributed by atoms with E-state index in [1.807, 2.05) is 11.9 Å². The minimum atomic E-state index is 0.0166. The van der Waals surface area contributed by atoms with Crippen molar-refractivity contribution in [2.24, 2.45) is 5.92 Å². The molecule has 114 valence electrons. The van der Waals surface area contributed by atoms with E-state index in [9.17, 15) is 4.79 Å². The molecule has 4 heteroatoms. The Kier molecular flexibility index (Phi) is 4.89. The zero-order chi connectivity index (χ0) is 15.4. The van der Waals surface area contributed by atoms with Crippen LogP contribution in [0.15, 0.2) is 30.9 Å². The van der Waals surface area contributed by atoms with Gasteiger partial charge in [-0.25, -0.2) is 0 Å². The molecule has 1 amide bonds. The highest BCUT2D eigenvalue weighted by atomic mass is 16.5. The summed E-state index contributed by atoms with van der Waals surface area (Å²) in [6.45, 7) is 6.13. The summed E-state index contributed by atoms with van der Waals surface area (Å²) in [6.07, 6.45) is 4.11. The minimum absolute atomic E-state index is 0.0166. The molecule has 1 atom stereocenters. The highest BCUT2D eigenvalue weighted by Gasteiger charge is 2.32. The lowest BCUT2D eigenvalue weighted by molar-refractivity contribution is 0.0727. The fourth-order valence-corrected chi connectivity index (χ4v) is 2.35. The van der Waals surface area contributed by atoms with Crippen molar-refractivity contribution in [2.45, 2.75) is 25.8 Å². The van der Waals surface area contributed by atoms with Crippen molar-refractivity contribution in [1.82, 2.24) is 4.90 Å². The van der Waals surface area contributed by atoms with Crippen LogP contribution in [0.1, 0.15) is 30.1 Å². The monoisotopic (exact) mass is 289 g/mol. The first kappa shape index (κ1) is 15.4. The molecular formula is C17H23NO3. The predicted molar refractivity (Wildman–Crippen MR) is 83.0 cm³/mol. The summed E-state index contributed by atoms with van der Waals surface area (Å²) in [5, 5.41) is 0. The van der Waals surface area contributed by atoms with E-state index in [0.717, 1.165) is 0 Å². The van der Waals surface area contributed by atoms with Gasteiger partial charge in [-0.15, -0.1) is 0 Å². The quantitative estimate of drug-likeness (QED) is 0.724. The maximum absolute atomic E-state index is 12.5. The third-order valence-corrected chi connectivity index (χ3v) is 4.00. The van der Waals surface area contributed by atoms with E-state index in [4.69, 9.17) is 9.47 Å². The largest absolute Gasteiger partial charge is 0.493 e. The van der Waals surface area contributed by atoms with Crippen LogP contribution < -0.4 is 9.47 Å². The van der Waals surface area contributed by atoms with Crippen molar-refractivity contribution < 1.29 is 14.3 Å². The van der Waals surface area contributed by atoms with Gasteiger partial charge in [-0.05, 0) is 43.9 Å². The molecule has 0 bridgehead atoms. The minimum Gasteiger partial charge on any atom is -0.493 e. The summed E-state index contributed by atoms with van der Waals surface area (Å²) < 4.78 is 10.8. The second-order valence-electron chi connectivity index (χ2n) is 5.46. The Morgan fingerprint density at radius 3 is 2.76 bits per heavy atom. The number of amides is 1. The number of benzene rings is 1. The molecule has 1 aliphatic rings. The Balaban J connectivity index is 2.15. The van der Waals surface area contributed by atoms with Gasteiger partial charge in [0.25, 0.3) is 5.91 Å². The molecule has 1 saturated carbocycles. The van der Waals surface area contributed by atoms with Gasteiger partial charge in [-0.2, -0.15) is 0 Å². The molecular weight excluding hydrogens is 266 g/mol. The van der Waals surface area contributed by atoms with Crippen LogP contribution in [0.4, 0.5) is 0 Å². The zero-order valence-corrected chi connectivity index (χ0v) is 13.0. The van der Waals surface area contributed by atoms with Crippen molar-refractivity contribution in [1.29, 1.82) is 0 Å². The van der Waals surface area contributed by atoms with Gasteiger partial charge >= 0.3 is 0 Å². The number of nitrogens with zero attached hydrogens (tertiary/aromatic N) is 1. The van der Waals surface area contributed by atoms with Gasteiger partial charge in [-0.1, -0.05) is 12.7 Å². The first-order valence-electron chi connectivity index (χ1n) is 7.27. The second kappa shape index (κ2) is 6.66. The molecule has 0 saturated heterocycles. The number of carbonyl (C=O) groups is 1. The van der Waals surface area contributed by atoms with Crippen LogP contribution >= 0.6 is 0 Å². The Morgan fingerprint density at radius 2 is 2.19 bits per heavy atom. The Labute approximate surface area is 126 Å². The summed E-state index contributed by atoms with van der Waals surface area (Å²) in [6, 6.07) is 5.56. The predicted octanol–water partition coefficient (Wildman–Crippen LogP) is 3.13. The highest BCUT2D eigenvalue weighted by Crippen LogP contribution is 2.35. The van der Waals surface area contributed by atoms with Gasteiger partial charge < -0.3 is 14.4 Å². The van der Waals surface area contributed by atoms with Crippen molar-refractivity contribution in [3.05, 3.63) is 36.4 Å². The number of ether oxygens (including phenoxy) is 2. The number of carbonyl (C=O) groups excluding carboxylic acids is 1. The van der Waals surface area contributed by atoms with Crippen LogP contribution in [-0.4, -0.2) is 37.6 Å². The first-order chi connectivity index (χ1) is 10.1. The standard InChI is InChI=1S/C17H23NO3/c1-5-10-21-15-9-8-14(11-16(15)20-4)17(19)18(3)12(2)13-6-7-13/h5,8-9,11-13H,1,6-7,10H2,2-4H3. The van der Waals surface area contributed by atoms with Crippen molar-refractivity contribution >= 4 is 5.91 Å². The van der Waals surface area contributed by atoms with Crippen LogP contribution in [0.25, 0.3) is 0 Å². The zero-order valence-electron chi connectivity index (χ0n) is 13.0. The third kappa shape index (κ3) is 3.57. The van der Waals surface area contributed by atoms with Crippen molar-refractivity contribution in [3.8, 4) is 11.5 Å². The average Bonchev–Trinajstić information content (AvgIpc) is 3.35. The molecule has 1 aromatic carbocycles. The molecule has 0 radical (unpaired) electrons. The number of rotatable bonds is 7. The summed E-state index contributed by atoms with van der Waals surface area (Å²) in [5.41, 5.74) is 0.618. The lowest BCUT2D eigenvalue weighted by Gasteiger charge is -2.25. The summed E-state index contributed by atoms with van der Waals surface area (Å²) >= 11 is 0.